The topological polar surface area (TPSA) is 33.2 Å². The monoisotopic (exact) mass is 274 g/mol. The molecule has 1 aromatic heterocycles. The lowest BCUT2D eigenvalue weighted by Crippen LogP contribution is -2.23. The lowest BCUT2D eigenvalue weighted by Gasteiger charge is -2.24. The summed E-state index contributed by atoms with van der Waals surface area (Å²) in [7, 11) is 0. The molecule has 0 aliphatic rings. The molecule has 0 N–H and O–H groups in total. The molecule has 0 aliphatic heterocycles. The van der Waals surface area contributed by atoms with Crippen molar-refractivity contribution in [2.45, 2.75) is 13.5 Å². The normalized spacial score (nSPS) is 10.2. The van der Waals surface area contributed by atoms with E-state index < -0.39 is 0 Å². The van der Waals surface area contributed by atoms with Gasteiger partial charge in [-0.3, -0.25) is 9.78 Å². The van der Waals surface area contributed by atoms with Crippen molar-refractivity contribution < 1.29 is 4.79 Å². The summed E-state index contributed by atoms with van der Waals surface area (Å²) >= 11 is 6.02. The molecular formula is C15H15ClN2O. The Hall–Kier alpha value is -1.87. The lowest BCUT2D eigenvalue weighted by atomic mass is 10.1. The summed E-state index contributed by atoms with van der Waals surface area (Å²) in [6, 6.07) is 11.1. The van der Waals surface area contributed by atoms with Gasteiger partial charge in [0.25, 0.3) is 0 Å². The van der Waals surface area contributed by atoms with E-state index in [4.69, 9.17) is 11.6 Å². The van der Waals surface area contributed by atoms with Gasteiger partial charge in [-0.05, 0) is 37.3 Å². The summed E-state index contributed by atoms with van der Waals surface area (Å²) in [5, 5.41) is 0.625. The van der Waals surface area contributed by atoms with E-state index in [1.165, 1.54) is 0 Å². The predicted octanol–water partition coefficient (Wildman–Crippen LogP) is 3.57. The van der Waals surface area contributed by atoms with Crippen LogP contribution in [0.2, 0.25) is 5.02 Å². The molecule has 0 fully saturated rings. The van der Waals surface area contributed by atoms with E-state index in [0.717, 1.165) is 24.2 Å². The number of carbonyl (C=O) groups excluding carboxylic acids is 1. The van der Waals surface area contributed by atoms with Gasteiger partial charge in [0.15, 0.2) is 6.29 Å². The molecular weight excluding hydrogens is 260 g/mol. The van der Waals surface area contributed by atoms with E-state index in [2.05, 4.69) is 9.88 Å². The zero-order chi connectivity index (χ0) is 13.7. The van der Waals surface area contributed by atoms with E-state index in [9.17, 15) is 4.79 Å². The molecule has 0 unspecified atom stereocenters. The van der Waals surface area contributed by atoms with Crippen molar-refractivity contribution in [3.63, 3.8) is 0 Å². The Labute approximate surface area is 117 Å². The summed E-state index contributed by atoms with van der Waals surface area (Å²) in [5.74, 6) is 0. The average molecular weight is 275 g/mol. The zero-order valence-electron chi connectivity index (χ0n) is 10.7. The fourth-order valence-corrected chi connectivity index (χ4v) is 2.11. The molecule has 0 spiro atoms. The fraction of sp³-hybridized carbons (Fsp3) is 0.200. The number of halogens is 1. The second-order valence-corrected chi connectivity index (χ2v) is 4.59. The molecule has 0 amide bonds. The van der Waals surface area contributed by atoms with Crippen molar-refractivity contribution in [1.82, 2.24) is 4.98 Å². The van der Waals surface area contributed by atoms with E-state index in [-0.39, 0.29) is 0 Å². The molecule has 3 nitrogen and oxygen atoms in total. The van der Waals surface area contributed by atoms with Gasteiger partial charge in [0, 0.05) is 29.0 Å². The number of benzene rings is 1. The van der Waals surface area contributed by atoms with Crippen molar-refractivity contribution in [2.75, 3.05) is 11.4 Å². The highest BCUT2D eigenvalue weighted by Crippen LogP contribution is 2.24. The van der Waals surface area contributed by atoms with E-state index >= 15 is 0 Å². The quantitative estimate of drug-likeness (QED) is 0.782. The predicted molar refractivity (Wildman–Crippen MR) is 77.8 cm³/mol. The molecule has 4 heteroatoms. The van der Waals surface area contributed by atoms with Crippen LogP contribution in [-0.4, -0.2) is 17.8 Å². The van der Waals surface area contributed by atoms with Crippen LogP contribution in [0.15, 0.2) is 42.6 Å². The number of aromatic nitrogens is 1. The maximum Gasteiger partial charge on any atom is 0.152 e. The molecule has 0 bridgehead atoms. The van der Waals surface area contributed by atoms with Crippen molar-refractivity contribution in [1.29, 1.82) is 0 Å². The number of carbonyl (C=O) groups is 1. The van der Waals surface area contributed by atoms with Gasteiger partial charge in [-0.15, -0.1) is 0 Å². The maximum absolute atomic E-state index is 11.1. The van der Waals surface area contributed by atoms with Crippen LogP contribution in [0.1, 0.15) is 23.0 Å². The molecule has 1 heterocycles. The average Bonchev–Trinajstić information content (AvgIpc) is 2.46. The summed E-state index contributed by atoms with van der Waals surface area (Å²) in [5.41, 5.74) is 2.44. The summed E-state index contributed by atoms with van der Waals surface area (Å²) in [6.45, 7) is 3.47. The molecule has 2 rings (SSSR count). The Kier molecular flexibility index (Phi) is 4.53. The van der Waals surface area contributed by atoms with Crippen molar-refractivity contribution in [3.05, 3.63) is 58.9 Å². The van der Waals surface area contributed by atoms with E-state index in [0.29, 0.717) is 17.1 Å². The standard InChI is InChI=1S/C15H15ClN2O/c1-2-18(10-14-5-3-4-8-17-14)15-9-13(16)7-6-12(15)11-19/h3-9,11H,2,10H2,1H3. The Morgan fingerprint density at radius 2 is 2.16 bits per heavy atom. The molecule has 0 aliphatic carbocycles. The van der Waals surface area contributed by atoms with Gasteiger partial charge < -0.3 is 4.90 Å². The molecule has 0 radical (unpaired) electrons. The SMILES string of the molecule is CCN(Cc1ccccn1)c1cc(Cl)ccc1C=O. The minimum atomic E-state index is 0.625. The third kappa shape index (κ3) is 3.32. The number of rotatable bonds is 5. The first-order valence-corrected chi connectivity index (χ1v) is 6.52. The van der Waals surface area contributed by atoms with Crippen LogP contribution in [0, 0.1) is 0 Å². The maximum atomic E-state index is 11.1. The molecule has 2 aromatic rings. The van der Waals surface area contributed by atoms with Crippen LogP contribution in [0.4, 0.5) is 5.69 Å². The van der Waals surface area contributed by atoms with Crippen molar-refractivity contribution >= 4 is 23.6 Å². The van der Waals surface area contributed by atoms with Crippen LogP contribution >= 0.6 is 11.6 Å². The van der Waals surface area contributed by atoms with Gasteiger partial charge in [0.05, 0.1) is 12.2 Å². The van der Waals surface area contributed by atoms with Gasteiger partial charge in [0.2, 0.25) is 0 Å². The summed E-state index contributed by atoms with van der Waals surface area (Å²) in [4.78, 5) is 17.5. The van der Waals surface area contributed by atoms with E-state index in [1.54, 1.807) is 18.3 Å². The van der Waals surface area contributed by atoms with Crippen LogP contribution in [0.25, 0.3) is 0 Å². The lowest BCUT2D eigenvalue weighted by molar-refractivity contribution is 0.112. The van der Waals surface area contributed by atoms with Gasteiger partial charge >= 0.3 is 0 Å². The second kappa shape index (κ2) is 6.34. The number of pyridine rings is 1. The minimum Gasteiger partial charge on any atom is -0.365 e. The van der Waals surface area contributed by atoms with Gasteiger partial charge in [-0.25, -0.2) is 0 Å². The highest BCUT2D eigenvalue weighted by Gasteiger charge is 2.11. The van der Waals surface area contributed by atoms with E-state index in [1.807, 2.05) is 31.2 Å². The van der Waals surface area contributed by atoms with Crippen LogP contribution in [0.3, 0.4) is 0 Å². The van der Waals surface area contributed by atoms with Crippen LogP contribution in [-0.2, 0) is 6.54 Å². The smallest absolute Gasteiger partial charge is 0.152 e. The molecule has 0 saturated carbocycles. The minimum absolute atomic E-state index is 0.625. The largest absolute Gasteiger partial charge is 0.365 e. The molecule has 1 aromatic carbocycles. The Morgan fingerprint density at radius 3 is 2.79 bits per heavy atom. The zero-order valence-corrected chi connectivity index (χ0v) is 11.5. The third-order valence-electron chi connectivity index (χ3n) is 2.92. The first kappa shape index (κ1) is 13.6. The van der Waals surface area contributed by atoms with Crippen LogP contribution in [0.5, 0.6) is 0 Å². The first-order chi connectivity index (χ1) is 9.24. The number of aldehydes is 1. The summed E-state index contributed by atoms with van der Waals surface area (Å²) in [6.07, 6.45) is 2.62. The van der Waals surface area contributed by atoms with Crippen molar-refractivity contribution in [3.8, 4) is 0 Å². The Morgan fingerprint density at radius 1 is 1.32 bits per heavy atom. The highest BCUT2D eigenvalue weighted by atomic mass is 35.5. The first-order valence-electron chi connectivity index (χ1n) is 6.14. The Bertz CT molecular complexity index is 557. The van der Waals surface area contributed by atoms with Gasteiger partial charge in [-0.2, -0.15) is 0 Å². The van der Waals surface area contributed by atoms with Gasteiger partial charge in [-0.1, -0.05) is 17.7 Å². The number of nitrogens with zero attached hydrogens (tertiary/aromatic N) is 2. The number of hydrogen-bond donors (Lipinski definition) is 0. The third-order valence-corrected chi connectivity index (χ3v) is 3.16. The molecule has 0 atom stereocenters. The number of anilines is 1. The number of hydrogen-bond acceptors (Lipinski definition) is 3. The molecule has 19 heavy (non-hydrogen) atoms. The summed E-state index contributed by atoms with van der Waals surface area (Å²) < 4.78 is 0. The molecule has 98 valence electrons. The Balaban J connectivity index is 2.31. The molecule has 0 saturated heterocycles. The highest BCUT2D eigenvalue weighted by molar-refractivity contribution is 6.31. The van der Waals surface area contributed by atoms with Gasteiger partial charge in [0.1, 0.15) is 0 Å². The fourth-order valence-electron chi connectivity index (χ4n) is 1.94. The second-order valence-electron chi connectivity index (χ2n) is 4.16. The van der Waals surface area contributed by atoms with Crippen molar-refractivity contribution in [2.24, 2.45) is 0 Å². The van der Waals surface area contributed by atoms with Crippen LogP contribution < -0.4 is 4.90 Å².